The quantitative estimate of drug-likeness (QED) is 0.662. The third kappa shape index (κ3) is 3.58. The molecular weight excluding hydrogens is 349 g/mol. The van der Waals surface area contributed by atoms with E-state index < -0.39 is 6.67 Å². The van der Waals surface area contributed by atoms with Crippen molar-refractivity contribution in [2.75, 3.05) is 6.67 Å². The molecule has 26 heavy (non-hydrogen) atoms. The zero-order chi connectivity index (χ0) is 18.7. The van der Waals surface area contributed by atoms with Gasteiger partial charge in [0, 0.05) is 17.0 Å². The monoisotopic (exact) mass is 367 g/mol. The Morgan fingerprint density at radius 1 is 1.38 bits per heavy atom. The fourth-order valence-corrected chi connectivity index (χ4v) is 3.55. The molecule has 0 fully saturated rings. The van der Waals surface area contributed by atoms with Gasteiger partial charge in [0.05, 0.1) is 17.8 Å². The maximum atomic E-state index is 12.9. The Labute approximate surface area is 154 Å². The minimum atomic E-state index is -0.569. The number of aryl methyl sites for hydroxylation is 1. The summed E-state index contributed by atoms with van der Waals surface area (Å²) in [6.07, 6.45) is 5.28. The first kappa shape index (κ1) is 18.0. The van der Waals surface area contributed by atoms with Crippen LogP contribution in [0.2, 0.25) is 0 Å². The van der Waals surface area contributed by atoms with Gasteiger partial charge >= 0.3 is 0 Å². The third-order valence-corrected chi connectivity index (χ3v) is 4.93. The topological polar surface area (TPSA) is 58.7 Å². The smallest absolute Gasteiger partial charge is 0.207 e. The normalized spacial score (nSPS) is 11.5. The highest BCUT2D eigenvalue weighted by atomic mass is 32.1. The molecule has 0 N–H and O–H groups in total. The van der Waals surface area contributed by atoms with Crippen LogP contribution in [0, 0.1) is 11.3 Å². The molecule has 0 bridgehead atoms. The molecular formula is C20H18FN3OS. The average Bonchev–Trinajstić information content (AvgIpc) is 3.12. The van der Waals surface area contributed by atoms with E-state index in [2.05, 4.69) is 18.8 Å². The summed E-state index contributed by atoms with van der Waals surface area (Å²) >= 11 is 1.58. The molecule has 0 aliphatic rings. The Morgan fingerprint density at radius 2 is 2.19 bits per heavy atom. The van der Waals surface area contributed by atoms with Crippen molar-refractivity contribution in [1.29, 1.82) is 5.26 Å². The number of nitriles is 1. The lowest BCUT2D eigenvalue weighted by molar-refractivity contribution is 0.450. The molecule has 0 amide bonds. The molecule has 0 saturated carbocycles. The van der Waals surface area contributed by atoms with Crippen molar-refractivity contribution in [2.45, 2.75) is 26.3 Å². The molecule has 0 radical (unpaired) electrons. The van der Waals surface area contributed by atoms with Crippen molar-refractivity contribution >= 4 is 34.4 Å². The number of pyridine rings is 1. The van der Waals surface area contributed by atoms with Gasteiger partial charge in [-0.25, -0.2) is 9.37 Å². The van der Waals surface area contributed by atoms with Crippen molar-refractivity contribution in [2.24, 2.45) is 0 Å². The van der Waals surface area contributed by atoms with Crippen molar-refractivity contribution in [3.8, 4) is 6.07 Å². The number of hydrogen-bond acceptors (Lipinski definition) is 4. The van der Waals surface area contributed by atoms with Crippen molar-refractivity contribution in [1.82, 2.24) is 9.55 Å². The molecule has 0 aliphatic heterocycles. The SMILES string of the molecule is CC(C)c1csc(C=Cc2ccc3c(=O)c(C#N)cn(CCF)c3c2)n1. The Kier molecular flexibility index (Phi) is 5.29. The molecule has 0 unspecified atom stereocenters. The minimum absolute atomic E-state index is 0.0262. The van der Waals surface area contributed by atoms with E-state index in [1.165, 1.54) is 6.20 Å². The predicted octanol–water partition coefficient (Wildman–Crippen LogP) is 4.59. The van der Waals surface area contributed by atoms with E-state index in [1.54, 1.807) is 22.0 Å². The largest absolute Gasteiger partial charge is 0.343 e. The molecule has 2 heterocycles. The number of halogens is 1. The fourth-order valence-electron chi connectivity index (χ4n) is 2.68. The van der Waals surface area contributed by atoms with Crippen LogP contribution in [0.15, 0.2) is 34.6 Å². The van der Waals surface area contributed by atoms with Gasteiger partial charge in [0.2, 0.25) is 5.43 Å². The molecule has 0 spiro atoms. The number of nitrogens with zero attached hydrogens (tertiary/aromatic N) is 3. The number of hydrogen-bond donors (Lipinski definition) is 0. The fraction of sp³-hybridized carbons (Fsp3) is 0.250. The Bertz CT molecular complexity index is 1070. The molecule has 3 rings (SSSR count). The maximum absolute atomic E-state index is 12.9. The lowest BCUT2D eigenvalue weighted by Crippen LogP contribution is -2.13. The summed E-state index contributed by atoms with van der Waals surface area (Å²) in [5, 5.41) is 12.5. The van der Waals surface area contributed by atoms with Crippen LogP contribution in [-0.2, 0) is 6.54 Å². The number of alkyl halides is 1. The molecule has 0 saturated heterocycles. The lowest BCUT2D eigenvalue weighted by Gasteiger charge is -2.10. The third-order valence-electron chi connectivity index (χ3n) is 4.10. The van der Waals surface area contributed by atoms with Crippen molar-refractivity contribution < 1.29 is 4.39 Å². The molecule has 0 aliphatic carbocycles. The van der Waals surface area contributed by atoms with Gasteiger partial charge in [-0.2, -0.15) is 5.26 Å². The van der Waals surface area contributed by atoms with Crippen LogP contribution in [0.25, 0.3) is 23.1 Å². The predicted molar refractivity (Wildman–Crippen MR) is 104 cm³/mol. The molecule has 3 aromatic rings. The molecule has 4 nitrogen and oxygen atoms in total. The van der Waals surface area contributed by atoms with Gasteiger partial charge in [-0.3, -0.25) is 4.79 Å². The number of fused-ring (bicyclic) bond motifs is 1. The highest BCUT2D eigenvalue weighted by molar-refractivity contribution is 7.10. The first-order valence-electron chi connectivity index (χ1n) is 8.30. The van der Waals surface area contributed by atoms with Gasteiger partial charge in [-0.05, 0) is 29.7 Å². The second-order valence-corrected chi connectivity index (χ2v) is 7.13. The van der Waals surface area contributed by atoms with Crippen LogP contribution in [0.5, 0.6) is 0 Å². The summed E-state index contributed by atoms with van der Waals surface area (Å²) in [5.41, 5.74) is 2.27. The van der Waals surface area contributed by atoms with E-state index in [4.69, 9.17) is 5.26 Å². The summed E-state index contributed by atoms with van der Waals surface area (Å²) in [6, 6.07) is 7.22. The zero-order valence-corrected chi connectivity index (χ0v) is 15.4. The summed E-state index contributed by atoms with van der Waals surface area (Å²) in [6.45, 7) is 3.74. The Morgan fingerprint density at radius 3 is 2.85 bits per heavy atom. The second kappa shape index (κ2) is 7.63. The number of rotatable bonds is 5. The average molecular weight is 367 g/mol. The number of benzene rings is 1. The highest BCUT2D eigenvalue weighted by Crippen LogP contribution is 2.21. The van der Waals surface area contributed by atoms with Gasteiger partial charge in [0.15, 0.2) is 0 Å². The van der Waals surface area contributed by atoms with Gasteiger partial charge in [0.1, 0.15) is 23.3 Å². The first-order chi connectivity index (χ1) is 12.5. The number of thiazole rings is 1. The van der Waals surface area contributed by atoms with E-state index in [1.807, 2.05) is 35.7 Å². The standard InChI is InChI=1S/C20H18FN3OS/c1-13(2)17-12-26-19(23-17)6-4-14-3-5-16-18(9-14)24(8-7-21)11-15(10-22)20(16)25/h3-6,9,11-13H,7-8H2,1-2H3. The van der Waals surface area contributed by atoms with E-state index >= 15 is 0 Å². The molecule has 0 atom stereocenters. The van der Waals surface area contributed by atoms with Gasteiger partial charge in [0.25, 0.3) is 0 Å². The maximum Gasteiger partial charge on any atom is 0.207 e. The van der Waals surface area contributed by atoms with Crippen LogP contribution >= 0.6 is 11.3 Å². The summed E-state index contributed by atoms with van der Waals surface area (Å²) < 4.78 is 14.5. The van der Waals surface area contributed by atoms with E-state index in [9.17, 15) is 9.18 Å². The van der Waals surface area contributed by atoms with Crippen molar-refractivity contribution in [3.05, 3.63) is 61.8 Å². The molecule has 1 aromatic carbocycles. The van der Waals surface area contributed by atoms with Gasteiger partial charge in [-0.1, -0.05) is 26.0 Å². The molecule has 132 valence electrons. The van der Waals surface area contributed by atoms with E-state index in [0.29, 0.717) is 16.8 Å². The summed E-state index contributed by atoms with van der Waals surface area (Å²) in [7, 11) is 0. The van der Waals surface area contributed by atoms with E-state index in [0.717, 1.165) is 16.3 Å². The Hall–Kier alpha value is -2.78. The van der Waals surface area contributed by atoms with Gasteiger partial charge < -0.3 is 4.57 Å². The highest BCUT2D eigenvalue weighted by Gasteiger charge is 2.09. The number of aromatic nitrogens is 2. The first-order valence-corrected chi connectivity index (χ1v) is 9.18. The van der Waals surface area contributed by atoms with Crippen LogP contribution in [0.1, 0.15) is 41.6 Å². The van der Waals surface area contributed by atoms with E-state index in [-0.39, 0.29) is 17.5 Å². The Balaban J connectivity index is 2.02. The summed E-state index contributed by atoms with van der Waals surface area (Å²) in [4.78, 5) is 16.9. The van der Waals surface area contributed by atoms with Gasteiger partial charge in [-0.15, -0.1) is 11.3 Å². The van der Waals surface area contributed by atoms with Crippen LogP contribution in [0.3, 0.4) is 0 Å². The second-order valence-electron chi connectivity index (χ2n) is 6.24. The van der Waals surface area contributed by atoms with Crippen LogP contribution in [0.4, 0.5) is 4.39 Å². The summed E-state index contributed by atoms with van der Waals surface area (Å²) in [5.74, 6) is 0.388. The molecule has 2 aromatic heterocycles. The van der Waals surface area contributed by atoms with Crippen LogP contribution < -0.4 is 5.43 Å². The molecule has 6 heteroatoms. The zero-order valence-electron chi connectivity index (χ0n) is 14.6. The minimum Gasteiger partial charge on any atom is -0.343 e. The van der Waals surface area contributed by atoms with Crippen LogP contribution in [-0.4, -0.2) is 16.2 Å². The lowest BCUT2D eigenvalue weighted by atomic mass is 10.1. The van der Waals surface area contributed by atoms with Crippen molar-refractivity contribution in [3.63, 3.8) is 0 Å².